The van der Waals surface area contributed by atoms with Crippen LogP contribution in [-0.4, -0.2) is 42.6 Å². The van der Waals surface area contributed by atoms with E-state index in [-0.39, 0.29) is 11.9 Å². The van der Waals surface area contributed by atoms with Crippen molar-refractivity contribution in [2.24, 2.45) is 10.7 Å². The van der Waals surface area contributed by atoms with E-state index in [1.807, 2.05) is 18.2 Å². The number of carbonyl (C=O) groups is 1. The Morgan fingerprint density at radius 1 is 1.26 bits per heavy atom. The van der Waals surface area contributed by atoms with E-state index in [9.17, 15) is 10.1 Å². The van der Waals surface area contributed by atoms with Crippen LogP contribution in [0.2, 0.25) is 5.02 Å². The molecule has 2 N–H and O–H groups in total. The Kier molecular flexibility index (Phi) is 4.47. The van der Waals surface area contributed by atoms with E-state index in [0.29, 0.717) is 41.5 Å². The first kappa shape index (κ1) is 19.9. The molecule has 5 rings (SSSR count). The third kappa shape index (κ3) is 3.06. The molecule has 8 heteroatoms. The topological polar surface area (TPSA) is 101 Å². The summed E-state index contributed by atoms with van der Waals surface area (Å²) in [7, 11) is 1.63. The summed E-state index contributed by atoms with van der Waals surface area (Å²) in [6, 6.07) is 12.9. The van der Waals surface area contributed by atoms with Gasteiger partial charge in [-0.1, -0.05) is 17.7 Å². The highest BCUT2D eigenvalue weighted by molar-refractivity contribution is 6.31. The zero-order valence-corrected chi connectivity index (χ0v) is 17.8. The van der Waals surface area contributed by atoms with Crippen molar-refractivity contribution in [2.75, 3.05) is 20.3 Å². The van der Waals surface area contributed by atoms with E-state index >= 15 is 0 Å². The van der Waals surface area contributed by atoms with Crippen molar-refractivity contribution in [3.05, 3.63) is 52.5 Å². The number of carbonyl (C=O) groups excluding carboxylic acids is 1. The maximum absolute atomic E-state index is 13.5. The quantitative estimate of drug-likeness (QED) is 0.739. The number of fused-ring (bicyclic) bond motifs is 2. The normalized spacial score (nSPS) is 27.1. The maximum atomic E-state index is 13.5. The van der Waals surface area contributed by atoms with Crippen molar-refractivity contribution in [1.82, 2.24) is 4.90 Å². The fourth-order valence-electron chi connectivity index (χ4n) is 4.81. The predicted molar refractivity (Wildman–Crippen MR) is 116 cm³/mol. The third-order valence-electron chi connectivity index (χ3n) is 6.28. The summed E-state index contributed by atoms with van der Waals surface area (Å²) in [4.78, 5) is 19.5. The summed E-state index contributed by atoms with van der Waals surface area (Å²) in [6.45, 7) is 1.08. The molecule has 31 heavy (non-hydrogen) atoms. The van der Waals surface area contributed by atoms with Crippen LogP contribution >= 0.6 is 11.6 Å². The molecule has 1 saturated heterocycles. The van der Waals surface area contributed by atoms with Crippen LogP contribution in [0.5, 0.6) is 5.75 Å². The summed E-state index contributed by atoms with van der Waals surface area (Å²) >= 11 is 6.21. The smallest absolute Gasteiger partial charge is 0.261 e. The van der Waals surface area contributed by atoms with E-state index < -0.39 is 11.1 Å². The van der Waals surface area contributed by atoms with Gasteiger partial charge in [-0.2, -0.15) is 5.26 Å². The number of amides is 1. The first-order valence-electron chi connectivity index (χ1n) is 10.1. The number of nitrogens with zero attached hydrogens (tertiary/aromatic N) is 3. The molecule has 7 nitrogen and oxygen atoms in total. The zero-order valence-electron chi connectivity index (χ0n) is 17.0. The van der Waals surface area contributed by atoms with Crippen molar-refractivity contribution in [3.8, 4) is 22.9 Å². The highest BCUT2D eigenvalue weighted by Crippen LogP contribution is 2.51. The lowest BCUT2D eigenvalue weighted by atomic mass is 9.74. The Labute approximate surface area is 185 Å². The van der Waals surface area contributed by atoms with Gasteiger partial charge in [0, 0.05) is 30.7 Å². The van der Waals surface area contributed by atoms with Crippen molar-refractivity contribution < 1.29 is 14.3 Å². The van der Waals surface area contributed by atoms with Gasteiger partial charge in [-0.15, -0.1) is 0 Å². The minimum Gasteiger partial charge on any atom is -0.484 e. The molecule has 3 aliphatic heterocycles. The number of halogens is 1. The molecular weight excluding hydrogens is 416 g/mol. The summed E-state index contributed by atoms with van der Waals surface area (Å²) in [5, 5.41) is 9.77. The Hall–Kier alpha value is -3.08. The van der Waals surface area contributed by atoms with Gasteiger partial charge < -0.3 is 15.2 Å². The number of aliphatic imine (C=N–C) groups is 1. The fraction of sp³-hybridized carbons (Fsp3) is 0.348. The molecule has 2 aromatic carbocycles. The first-order chi connectivity index (χ1) is 14.9. The number of nitriles is 1. The molecule has 0 unspecified atom stereocenters. The Bertz CT molecular complexity index is 1170. The van der Waals surface area contributed by atoms with Gasteiger partial charge in [0.05, 0.1) is 18.2 Å². The van der Waals surface area contributed by atoms with E-state index in [1.54, 1.807) is 25.2 Å². The number of benzene rings is 2. The lowest BCUT2D eigenvalue weighted by Gasteiger charge is -2.46. The van der Waals surface area contributed by atoms with E-state index in [4.69, 9.17) is 26.8 Å². The molecule has 2 spiro atoms. The predicted octanol–water partition coefficient (Wildman–Crippen LogP) is 3.19. The average Bonchev–Trinajstić information content (AvgIpc) is 2.97. The molecule has 0 aliphatic carbocycles. The highest BCUT2D eigenvalue weighted by Gasteiger charge is 2.58. The summed E-state index contributed by atoms with van der Waals surface area (Å²) < 4.78 is 12.2. The van der Waals surface area contributed by atoms with Gasteiger partial charge in [0.2, 0.25) is 0 Å². The van der Waals surface area contributed by atoms with Crippen molar-refractivity contribution >= 4 is 23.5 Å². The molecule has 0 aromatic heterocycles. The van der Waals surface area contributed by atoms with Crippen LogP contribution in [-0.2, 0) is 15.1 Å². The second-order valence-electron chi connectivity index (χ2n) is 8.36. The molecule has 0 radical (unpaired) electrons. The van der Waals surface area contributed by atoms with Crippen LogP contribution < -0.4 is 10.5 Å². The summed E-state index contributed by atoms with van der Waals surface area (Å²) in [5.41, 5.74) is 7.01. The number of hydrogen-bond donors (Lipinski definition) is 1. The molecule has 0 saturated carbocycles. The molecule has 3 aliphatic rings. The van der Waals surface area contributed by atoms with E-state index in [0.717, 1.165) is 24.0 Å². The van der Waals surface area contributed by atoms with Crippen LogP contribution in [0.3, 0.4) is 0 Å². The molecule has 0 bridgehead atoms. The van der Waals surface area contributed by atoms with Gasteiger partial charge in [-0.05, 0) is 54.3 Å². The van der Waals surface area contributed by atoms with Crippen LogP contribution in [0.25, 0.3) is 11.1 Å². The van der Waals surface area contributed by atoms with Crippen molar-refractivity contribution in [1.29, 1.82) is 5.26 Å². The minimum atomic E-state index is -1.17. The van der Waals surface area contributed by atoms with Crippen LogP contribution in [0.4, 0.5) is 0 Å². The lowest BCUT2D eigenvalue weighted by Crippen LogP contribution is -2.55. The number of ether oxygens (including phenoxy) is 2. The van der Waals surface area contributed by atoms with Gasteiger partial charge in [0.15, 0.2) is 11.5 Å². The molecule has 1 fully saturated rings. The second kappa shape index (κ2) is 6.98. The molecule has 158 valence electrons. The largest absolute Gasteiger partial charge is 0.484 e. The number of nitrogens with two attached hydrogens (primary N) is 1. The number of rotatable bonds is 1. The van der Waals surface area contributed by atoms with Gasteiger partial charge >= 0.3 is 0 Å². The van der Waals surface area contributed by atoms with Crippen molar-refractivity contribution in [3.63, 3.8) is 0 Å². The highest BCUT2D eigenvalue weighted by atomic mass is 35.5. The molecule has 3 heterocycles. The van der Waals surface area contributed by atoms with Crippen molar-refractivity contribution in [2.45, 2.75) is 30.4 Å². The van der Waals surface area contributed by atoms with Crippen LogP contribution in [0.15, 0.2) is 41.4 Å². The Morgan fingerprint density at radius 3 is 2.77 bits per heavy atom. The second-order valence-corrected chi connectivity index (χ2v) is 8.80. The third-order valence-corrected chi connectivity index (χ3v) is 6.50. The van der Waals surface area contributed by atoms with Gasteiger partial charge in [0.1, 0.15) is 11.4 Å². The van der Waals surface area contributed by atoms with E-state index in [2.05, 4.69) is 11.1 Å². The first-order valence-corrected chi connectivity index (χ1v) is 10.5. The Balaban J connectivity index is 1.69. The number of guanidine groups is 1. The number of likely N-dealkylation sites (N-methyl/N-ethyl adjacent to an activating group) is 1. The monoisotopic (exact) mass is 436 g/mol. The summed E-state index contributed by atoms with van der Waals surface area (Å²) in [5.74, 6) is 0.605. The molecule has 2 aromatic rings. The lowest BCUT2D eigenvalue weighted by molar-refractivity contribution is -0.139. The molecular formula is C23H21ClN4O3. The minimum absolute atomic E-state index is 0.180. The zero-order chi connectivity index (χ0) is 21.8. The Morgan fingerprint density at radius 2 is 2.10 bits per heavy atom. The van der Waals surface area contributed by atoms with E-state index in [1.165, 1.54) is 4.90 Å². The maximum Gasteiger partial charge on any atom is 0.261 e. The number of hydrogen-bond acceptors (Lipinski definition) is 6. The standard InChI is InChI=1S/C23H21ClN4O3/c1-28-20(29)23(27-21(28)26)12-22(5-2-6-30-13-22)31-19-4-3-15(10-18(19)23)16-7-14(11-25)8-17(24)9-16/h3-4,7-10H,2,5-6,12-13H2,1H3,(H2,26,27)/t22-,23+/m1/s1. The fourth-order valence-corrected chi connectivity index (χ4v) is 5.05. The van der Waals surface area contributed by atoms with Gasteiger partial charge in [-0.25, -0.2) is 4.99 Å². The van der Waals surface area contributed by atoms with Crippen LogP contribution in [0.1, 0.15) is 30.4 Å². The molecule has 1 amide bonds. The van der Waals surface area contributed by atoms with Gasteiger partial charge in [0.25, 0.3) is 5.91 Å². The SMILES string of the molecule is CN1C(=O)[C@@]2(C[C@@]3(CCCOC3)Oc3ccc(-c4cc(Cl)cc(C#N)c4)cc32)N=C1N. The van der Waals surface area contributed by atoms with Crippen LogP contribution in [0, 0.1) is 11.3 Å². The summed E-state index contributed by atoms with van der Waals surface area (Å²) in [6.07, 6.45) is 1.99. The molecule has 2 atom stereocenters. The van der Waals surface area contributed by atoms with Gasteiger partial charge in [-0.3, -0.25) is 9.69 Å². The average molecular weight is 437 g/mol.